The van der Waals surface area contributed by atoms with Crippen molar-refractivity contribution in [2.75, 3.05) is 25.1 Å². The van der Waals surface area contributed by atoms with Gasteiger partial charge in [-0.3, -0.25) is 0 Å². The van der Waals surface area contributed by atoms with Crippen molar-refractivity contribution in [3.63, 3.8) is 0 Å². The summed E-state index contributed by atoms with van der Waals surface area (Å²) in [7, 11) is -0.431. The first-order valence-corrected chi connectivity index (χ1v) is 8.76. The van der Waals surface area contributed by atoms with Gasteiger partial charge >= 0.3 is 0 Å². The molecule has 1 aromatic rings. The molecule has 1 rings (SSSR count). The van der Waals surface area contributed by atoms with Gasteiger partial charge in [0, 0.05) is 20.1 Å². The molecule has 0 spiro atoms. The van der Waals surface area contributed by atoms with Crippen molar-refractivity contribution in [1.29, 1.82) is 0 Å². The lowest BCUT2D eigenvalue weighted by molar-refractivity contribution is 0.438. The second kappa shape index (κ2) is 7.13. The van der Waals surface area contributed by atoms with Crippen molar-refractivity contribution in [2.45, 2.75) is 44.6 Å². The largest absolute Gasteiger partial charge is 0.397 e. The van der Waals surface area contributed by atoms with Crippen molar-refractivity contribution in [2.24, 2.45) is 5.92 Å². The van der Waals surface area contributed by atoms with Crippen LogP contribution in [0.5, 0.6) is 0 Å². The number of nitrogen functional groups attached to an aromatic ring is 1. The number of hydrogen-bond acceptors (Lipinski definition) is 4. The summed E-state index contributed by atoms with van der Waals surface area (Å²) in [6, 6.07) is 5.13. The monoisotopic (exact) mass is 313 g/mol. The van der Waals surface area contributed by atoms with E-state index in [4.69, 9.17) is 5.73 Å². The lowest BCUT2D eigenvalue weighted by atomic mass is 9.95. The van der Waals surface area contributed by atoms with Gasteiger partial charge in [0.2, 0.25) is 10.0 Å². The fraction of sp³-hybridized carbons (Fsp3) is 0.600. The van der Waals surface area contributed by atoms with E-state index in [1.807, 2.05) is 0 Å². The summed E-state index contributed by atoms with van der Waals surface area (Å²) >= 11 is 0. The van der Waals surface area contributed by atoms with Crippen molar-refractivity contribution in [3.05, 3.63) is 18.2 Å². The van der Waals surface area contributed by atoms with Gasteiger partial charge in [0.25, 0.3) is 0 Å². The highest BCUT2D eigenvalue weighted by Gasteiger charge is 2.19. The molecular weight excluding hydrogens is 286 g/mol. The molecule has 0 saturated heterocycles. The van der Waals surface area contributed by atoms with E-state index in [2.05, 4.69) is 26.1 Å². The van der Waals surface area contributed by atoms with E-state index < -0.39 is 10.0 Å². The number of rotatable bonds is 7. The van der Waals surface area contributed by atoms with Crippen LogP contribution in [0, 0.1) is 5.92 Å². The Morgan fingerprint density at radius 2 is 1.81 bits per heavy atom. The Hall–Kier alpha value is -1.27. The molecule has 5 nitrogen and oxygen atoms in total. The zero-order chi connectivity index (χ0) is 16.2. The van der Waals surface area contributed by atoms with Crippen LogP contribution in [0.1, 0.15) is 33.6 Å². The van der Waals surface area contributed by atoms with Crippen molar-refractivity contribution in [3.8, 4) is 0 Å². The highest BCUT2D eigenvalue weighted by Crippen LogP contribution is 2.26. The molecule has 0 fully saturated rings. The third-order valence-electron chi connectivity index (χ3n) is 3.94. The average molecular weight is 313 g/mol. The standard InChI is InChI=1S/C15H27N3O2S/c1-6-12(7-2)11(3)17-15-9-8-13(10-14(15)16)21(19,20)18(4)5/h8-12,17H,6-7,16H2,1-5H3. The lowest BCUT2D eigenvalue weighted by Crippen LogP contribution is -2.26. The zero-order valence-electron chi connectivity index (χ0n) is 13.6. The summed E-state index contributed by atoms with van der Waals surface area (Å²) in [5.74, 6) is 0.564. The van der Waals surface area contributed by atoms with E-state index in [9.17, 15) is 8.42 Å². The number of hydrogen-bond donors (Lipinski definition) is 2. The van der Waals surface area contributed by atoms with Gasteiger partial charge in [-0.05, 0) is 31.0 Å². The molecule has 0 heterocycles. The highest BCUT2D eigenvalue weighted by molar-refractivity contribution is 7.89. The molecule has 6 heteroatoms. The smallest absolute Gasteiger partial charge is 0.242 e. The predicted octanol–water partition coefficient (Wildman–Crippen LogP) is 2.76. The molecule has 0 aliphatic heterocycles. The van der Waals surface area contributed by atoms with Crippen LogP contribution in [0.4, 0.5) is 11.4 Å². The molecule has 1 atom stereocenters. The van der Waals surface area contributed by atoms with Crippen molar-refractivity contribution < 1.29 is 8.42 Å². The van der Waals surface area contributed by atoms with Gasteiger partial charge < -0.3 is 11.1 Å². The Morgan fingerprint density at radius 1 is 1.24 bits per heavy atom. The van der Waals surface area contributed by atoms with E-state index in [-0.39, 0.29) is 4.90 Å². The third kappa shape index (κ3) is 4.11. The SMILES string of the molecule is CCC(CC)C(C)Nc1ccc(S(=O)(=O)N(C)C)cc1N. The summed E-state index contributed by atoms with van der Waals surface area (Å²) in [6.45, 7) is 6.46. The summed E-state index contributed by atoms with van der Waals surface area (Å²) < 4.78 is 25.3. The van der Waals surface area contributed by atoms with Gasteiger partial charge in [-0.15, -0.1) is 0 Å². The average Bonchev–Trinajstić information content (AvgIpc) is 2.42. The molecule has 0 aliphatic carbocycles. The maximum atomic E-state index is 12.1. The van der Waals surface area contributed by atoms with Crippen LogP contribution in [-0.2, 0) is 10.0 Å². The van der Waals surface area contributed by atoms with Gasteiger partial charge in [-0.2, -0.15) is 0 Å². The maximum absolute atomic E-state index is 12.1. The van der Waals surface area contributed by atoms with Crippen molar-refractivity contribution >= 4 is 21.4 Å². The highest BCUT2D eigenvalue weighted by atomic mass is 32.2. The molecule has 1 aromatic carbocycles. The van der Waals surface area contributed by atoms with Crippen LogP contribution in [0.15, 0.2) is 23.1 Å². The second-order valence-corrected chi connectivity index (χ2v) is 7.70. The zero-order valence-corrected chi connectivity index (χ0v) is 14.4. The number of nitrogens with zero attached hydrogens (tertiary/aromatic N) is 1. The molecule has 120 valence electrons. The van der Waals surface area contributed by atoms with Crippen LogP contribution < -0.4 is 11.1 Å². The molecule has 1 unspecified atom stereocenters. The van der Waals surface area contributed by atoms with Crippen molar-refractivity contribution in [1.82, 2.24) is 4.31 Å². The van der Waals surface area contributed by atoms with E-state index in [1.165, 1.54) is 24.5 Å². The van der Waals surface area contributed by atoms with Crippen LogP contribution in [0.3, 0.4) is 0 Å². The Balaban J connectivity index is 2.99. The molecule has 0 aromatic heterocycles. The topological polar surface area (TPSA) is 75.4 Å². The third-order valence-corrected chi connectivity index (χ3v) is 5.75. The van der Waals surface area contributed by atoms with Crippen LogP contribution in [0.2, 0.25) is 0 Å². The number of benzene rings is 1. The number of sulfonamides is 1. The second-order valence-electron chi connectivity index (χ2n) is 5.55. The molecular formula is C15H27N3O2S. The van der Waals surface area contributed by atoms with Gasteiger partial charge in [-0.1, -0.05) is 26.7 Å². The number of anilines is 2. The molecule has 0 aliphatic rings. The first-order valence-electron chi connectivity index (χ1n) is 7.32. The Labute approximate surface area is 128 Å². The van der Waals surface area contributed by atoms with E-state index in [1.54, 1.807) is 12.1 Å². The Bertz CT molecular complexity index is 566. The van der Waals surface area contributed by atoms with Gasteiger partial charge in [0.15, 0.2) is 0 Å². The van der Waals surface area contributed by atoms with E-state index in [0.717, 1.165) is 18.5 Å². The summed E-state index contributed by atoms with van der Waals surface area (Å²) in [6.07, 6.45) is 2.19. The van der Waals surface area contributed by atoms with E-state index in [0.29, 0.717) is 17.6 Å². The van der Waals surface area contributed by atoms with Crippen LogP contribution >= 0.6 is 0 Å². The number of nitrogens with two attached hydrogens (primary N) is 1. The summed E-state index contributed by atoms with van der Waals surface area (Å²) in [5, 5.41) is 3.39. The Morgan fingerprint density at radius 3 is 2.24 bits per heavy atom. The molecule has 3 N–H and O–H groups in total. The van der Waals surface area contributed by atoms with Crippen LogP contribution in [0.25, 0.3) is 0 Å². The molecule has 0 bridgehead atoms. The first-order chi connectivity index (χ1) is 9.73. The predicted molar refractivity (Wildman–Crippen MR) is 88.9 cm³/mol. The Kier molecular flexibility index (Phi) is 6.04. The molecule has 0 radical (unpaired) electrons. The summed E-state index contributed by atoms with van der Waals surface area (Å²) in [4.78, 5) is 0.214. The van der Waals surface area contributed by atoms with Gasteiger partial charge in [-0.25, -0.2) is 12.7 Å². The minimum Gasteiger partial charge on any atom is -0.397 e. The van der Waals surface area contributed by atoms with Crippen LogP contribution in [-0.4, -0.2) is 32.9 Å². The normalized spacial score (nSPS) is 13.7. The fourth-order valence-corrected chi connectivity index (χ4v) is 3.34. The molecule has 21 heavy (non-hydrogen) atoms. The van der Waals surface area contributed by atoms with Gasteiger partial charge in [0.1, 0.15) is 0 Å². The first kappa shape index (κ1) is 17.8. The quantitative estimate of drug-likeness (QED) is 0.759. The maximum Gasteiger partial charge on any atom is 0.242 e. The van der Waals surface area contributed by atoms with Gasteiger partial charge in [0.05, 0.1) is 16.3 Å². The minimum atomic E-state index is -3.44. The number of nitrogens with one attached hydrogen (secondary N) is 1. The minimum absolute atomic E-state index is 0.214. The molecule has 0 saturated carbocycles. The summed E-state index contributed by atoms with van der Waals surface area (Å²) in [5.41, 5.74) is 7.24. The fourth-order valence-electron chi connectivity index (χ4n) is 2.40. The molecule has 0 amide bonds. The lowest BCUT2D eigenvalue weighted by Gasteiger charge is -2.24. The van der Waals surface area contributed by atoms with E-state index >= 15 is 0 Å².